The van der Waals surface area contributed by atoms with E-state index in [1.165, 1.54) is 0 Å². The monoisotopic (exact) mass is 570 g/mol. The maximum atomic E-state index is 7.08. The topological polar surface area (TPSA) is 43.2 Å². The van der Waals surface area contributed by atoms with Crippen LogP contribution >= 0.6 is 0 Å². The fourth-order valence-electron chi connectivity index (χ4n) is 6.79. The lowest BCUT2D eigenvalue weighted by Gasteiger charge is -2.36. The zero-order valence-electron chi connectivity index (χ0n) is 25.7. The maximum absolute atomic E-state index is 7.08. The molecule has 4 nitrogen and oxygen atoms in total. The van der Waals surface area contributed by atoms with Crippen LogP contribution in [0, 0.1) is 11.8 Å². The van der Waals surface area contributed by atoms with Crippen LogP contribution in [0.2, 0.25) is 0 Å². The van der Waals surface area contributed by atoms with E-state index >= 15 is 0 Å². The summed E-state index contributed by atoms with van der Waals surface area (Å²) < 4.78 is 14.2. The summed E-state index contributed by atoms with van der Waals surface area (Å²) in [6.07, 6.45) is 2.20. The lowest BCUT2D eigenvalue weighted by atomic mass is 9.77. The number of aliphatic imine (C=N–C) groups is 2. The van der Waals surface area contributed by atoms with Crippen molar-refractivity contribution in [1.29, 1.82) is 0 Å². The minimum absolute atomic E-state index is 0.0752. The number of hydrogen-bond acceptors (Lipinski definition) is 4. The van der Waals surface area contributed by atoms with Gasteiger partial charge in [0, 0.05) is 22.3 Å². The van der Waals surface area contributed by atoms with Gasteiger partial charge in [0.1, 0.15) is 12.1 Å². The molecule has 0 N–H and O–H groups in total. The zero-order chi connectivity index (χ0) is 29.9. The van der Waals surface area contributed by atoms with Gasteiger partial charge in [0.2, 0.25) is 0 Å². The van der Waals surface area contributed by atoms with Gasteiger partial charge in [-0.2, -0.15) is 0 Å². The van der Waals surface area contributed by atoms with Crippen LogP contribution in [0.25, 0.3) is 0 Å². The van der Waals surface area contributed by atoms with E-state index < -0.39 is 11.2 Å². The fraction of sp³-hybridized carbons (Fsp3) is 0.333. The molecule has 0 unspecified atom stereocenters. The second kappa shape index (κ2) is 12.2. The summed E-state index contributed by atoms with van der Waals surface area (Å²) in [5, 5.41) is 0. The van der Waals surface area contributed by atoms with Gasteiger partial charge in [-0.15, -0.1) is 0 Å². The number of hydrogen-bond donors (Lipinski definition) is 0. The van der Waals surface area contributed by atoms with Crippen molar-refractivity contribution >= 4 is 11.8 Å². The highest BCUT2D eigenvalue weighted by Gasteiger charge is 2.53. The molecule has 4 aromatic carbocycles. The van der Waals surface area contributed by atoms with Gasteiger partial charge < -0.3 is 9.47 Å². The van der Waals surface area contributed by atoms with E-state index in [0.29, 0.717) is 30.1 Å². The van der Waals surface area contributed by atoms with E-state index in [1.807, 2.05) is 0 Å². The van der Waals surface area contributed by atoms with Crippen LogP contribution in [-0.2, 0) is 20.7 Å². The summed E-state index contributed by atoms with van der Waals surface area (Å²) in [6.45, 7) is 9.01. The Balaban J connectivity index is 1.41. The number of rotatable bonds is 10. The fourth-order valence-corrected chi connectivity index (χ4v) is 6.79. The van der Waals surface area contributed by atoms with Crippen molar-refractivity contribution in [1.82, 2.24) is 0 Å². The van der Waals surface area contributed by atoms with Gasteiger partial charge in [0.25, 0.3) is 0 Å². The largest absolute Gasteiger partial charge is 0.462 e. The highest BCUT2D eigenvalue weighted by molar-refractivity contribution is 5.99. The Morgan fingerprint density at radius 2 is 0.767 bits per heavy atom. The highest BCUT2D eigenvalue weighted by atomic mass is 16.5. The molecule has 0 spiro atoms. The molecule has 0 amide bonds. The predicted molar refractivity (Wildman–Crippen MR) is 175 cm³/mol. The van der Waals surface area contributed by atoms with E-state index in [9.17, 15) is 0 Å². The molecule has 0 fully saturated rings. The molecule has 4 heteroatoms. The number of ether oxygens (including phenoxy) is 2. The Bertz CT molecular complexity index is 1350. The second-order valence-corrected chi connectivity index (χ2v) is 12.7. The van der Waals surface area contributed by atoms with Crippen LogP contribution in [0.1, 0.15) is 69.2 Å². The van der Waals surface area contributed by atoms with Crippen molar-refractivity contribution in [3.8, 4) is 0 Å². The molecule has 0 bridgehead atoms. The Morgan fingerprint density at radius 1 is 0.488 bits per heavy atom. The van der Waals surface area contributed by atoms with Gasteiger partial charge >= 0.3 is 0 Å². The normalized spacial score (nSPS) is 20.4. The van der Waals surface area contributed by atoms with Gasteiger partial charge in [-0.25, -0.2) is 9.98 Å². The molecule has 2 aliphatic rings. The smallest absolute Gasteiger partial charge is 0.194 e. The molecule has 0 saturated heterocycles. The Labute approximate surface area is 256 Å². The van der Waals surface area contributed by atoms with Crippen molar-refractivity contribution in [3.63, 3.8) is 0 Å². The number of benzene rings is 4. The third kappa shape index (κ3) is 5.51. The molecule has 220 valence electrons. The van der Waals surface area contributed by atoms with E-state index in [2.05, 4.69) is 149 Å². The number of nitrogens with zero attached hydrogens (tertiary/aromatic N) is 2. The molecular formula is C39H42N2O2. The summed E-state index contributed by atoms with van der Waals surface area (Å²) in [4.78, 5) is 10.6. The van der Waals surface area contributed by atoms with Gasteiger partial charge in [-0.05, 0) is 24.7 Å². The van der Waals surface area contributed by atoms with Crippen LogP contribution < -0.4 is 0 Å². The van der Waals surface area contributed by atoms with Crippen LogP contribution in [0.5, 0.6) is 0 Å². The van der Waals surface area contributed by atoms with Crippen molar-refractivity contribution in [2.75, 3.05) is 0 Å². The van der Waals surface area contributed by atoms with Crippen molar-refractivity contribution in [2.45, 2.75) is 70.2 Å². The summed E-state index contributed by atoms with van der Waals surface area (Å²) in [5.41, 5.74) is 3.02. The Kier molecular flexibility index (Phi) is 8.21. The average molecular weight is 571 g/mol. The minimum atomic E-state index is -0.714. The van der Waals surface area contributed by atoms with Crippen LogP contribution in [0.4, 0.5) is 0 Å². The van der Waals surface area contributed by atoms with Gasteiger partial charge in [-0.1, -0.05) is 149 Å². The van der Waals surface area contributed by atoms with E-state index in [4.69, 9.17) is 19.5 Å². The summed E-state index contributed by atoms with van der Waals surface area (Å²) in [6, 6.07) is 42.1. The van der Waals surface area contributed by atoms with Crippen LogP contribution in [0.15, 0.2) is 131 Å². The molecular weight excluding hydrogens is 528 g/mol. The van der Waals surface area contributed by atoms with Crippen molar-refractivity contribution in [2.24, 2.45) is 21.8 Å². The molecule has 0 aliphatic carbocycles. The van der Waals surface area contributed by atoms with Crippen molar-refractivity contribution in [3.05, 3.63) is 144 Å². The first-order valence-corrected chi connectivity index (χ1v) is 15.6. The zero-order valence-corrected chi connectivity index (χ0v) is 25.7. The van der Waals surface area contributed by atoms with Gasteiger partial charge in [0.05, 0.1) is 6.42 Å². The minimum Gasteiger partial charge on any atom is -0.462 e. The standard InChI is InChI=1S/C39H42N2O2/c1-28(2)25-34-38(30-17-9-5-10-18-30,31-19-11-6-12-20-31)42-36(40-34)27-37-41-35(26-29(3)4)39(43-37,32-21-13-7-14-22-32)33-23-15-8-16-24-33/h5-24,28-29,34-35H,25-27H2,1-4H3/t34-,35-/m1/s1. The lowest BCUT2D eigenvalue weighted by molar-refractivity contribution is 0.0801. The third-order valence-corrected chi connectivity index (χ3v) is 8.60. The lowest BCUT2D eigenvalue weighted by Crippen LogP contribution is -2.40. The Hall–Kier alpha value is -4.18. The highest BCUT2D eigenvalue weighted by Crippen LogP contribution is 2.48. The third-order valence-electron chi connectivity index (χ3n) is 8.60. The predicted octanol–water partition coefficient (Wildman–Crippen LogP) is 8.95. The van der Waals surface area contributed by atoms with E-state index in [0.717, 1.165) is 35.1 Å². The molecule has 2 heterocycles. The molecule has 4 aromatic rings. The van der Waals surface area contributed by atoms with Gasteiger partial charge in [-0.3, -0.25) is 0 Å². The summed E-state index contributed by atoms with van der Waals surface area (Å²) >= 11 is 0. The molecule has 43 heavy (non-hydrogen) atoms. The maximum Gasteiger partial charge on any atom is 0.194 e. The first kappa shape index (κ1) is 28.9. The van der Waals surface area contributed by atoms with Crippen molar-refractivity contribution < 1.29 is 9.47 Å². The molecule has 2 aliphatic heterocycles. The second-order valence-electron chi connectivity index (χ2n) is 12.7. The van der Waals surface area contributed by atoms with Crippen LogP contribution in [-0.4, -0.2) is 23.9 Å². The van der Waals surface area contributed by atoms with Crippen LogP contribution in [0.3, 0.4) is 0 Å². The van der Waals surface area contributed by atoms with E-state index in [1.54, 1.807) is 0 Å². The quantitative estimate of drug-likeness (QED) is 0.191. The molecule has 6 rings (SSSR count). The molecule has 0 aromatic heterocycles. The van der Waals surface area contributed by atoms with Gasteiger partial charge in [0.15, 0.2) is 23.0 Å². The van der Waals surface area contributed by atoms with E-state index in [-0.39, 0.29) is 12.1 Å². The summed E-state index contributed by atoms with van der Waals surface area (Å²) in [7, 11) is 0. The molecule has 0 radical (unpaired) electrons. The molecule has 2 atom stereocenters. The summed E-state index contributed by atoms with van der Waals surface area (Å²) in [5.74, 6) is 2.25. The Morgan fingerprint density at radius 3 is 1.02 bits per heavy atom. The molecule has 0 saturated carbocycles. The first-order valence-electron chi connectivity index (χ1n) is 15.6. The SMILES string of the molecule is CC(C)C[C@H]1N=C(CC2=N[C@H](CC(C)C)C(c3ccccc3)(c3ccccc3)O2)OC1(c1ccccc1)c1ccccc1. The first-order chi connectivity index (χ1) is 20.9. The average Bonchev–Trinajstić information content (AvgIpc) is 3.57.